The summed E-state index contributed by atoms with van der Waals surface area (Å²) in [4.78, 5) is 13.4. The molecular formula is C32H47NO3. The Morgan fingerprint density at radius 3 is 2.44 bits per heavy atom. The number of fused-ring (bicyclic) bond motifs is 8. The molecule has 0 N–H and O–H groups in total. The summed E-state index contributed by atoms with van der Waals surface area (Å²) in [6.45, 7) is 17.4. The van der Waals surface area contributed by atoms with E-state index < -0.39 is 0 Å². The number of allylic oxidation sites excluding steroid dienone is 2. The minimum atomic E-state index is -0.329. The zero-order chi connectivity index (χ0) is 25.9. The van der Waals surface area contributed by atoms with Crippen molar-refractivity contribution in [2.75, 3.05) is 7.11 Å². The third kappa shape index (κ3) is 2.83. The molecule has 4 heteroatoms. The van der Waals surface area contributed by atoms with Gasteiger partial charge in [-0.2, -0.15) is 0 Å². The van der Waals surface area contributed by atoms with Crippen molar-refractivity contribution in [2.45, 2.75) is 112 Å². The monoisotopic (exact) mass is 493 g/mol. The van der Waals surface area contributed by atoms with Crippen LogP contribution in [0.15, 0.2) is 22.4 Å². The highest BCUT2D eigenvalue weighted by molar-refractivity contribution is 5.78. The molecule has 3 fully saturated rings. The highest BCUT2D eigenvalue weighted by Gasteiger charge is 2.69. The first kappa shape index (κ1) is 24.7. The van der Waals surface area contributed by atoms with Gasteiger partial charge < -0.3 is 9.26 Å². The van der Waals surface area contributed by atoms with Crippen LogP contribution < -0.4 is 0 Å². The molecular weight excluding hydrogens is 446 g/mol. The lowest BCUT2D eigenvalue weighted by Gasteiger charge is -2.70. The molecule has 1 aromatic rings. The summed E-state index contributed by atoms with van der Waals surface area (Å²) < 4.78 is 11.1. The van der Waals surface area contributed by atoms with E-state index >= 15 is 0 Å². The van der Waals surface area contributed by atoms with E-state index in [4.69, 9.17) is 9.26 Å². The van der Waals surface area contributed by atoms with Crippen LogP contribution >= 0.6 is 0 Å². The number of hydrogen-bond acceptors (Lipinski definition) is 4. The van der Waals surface area contributed by atoms with Crippen molar-refractivity contribution < 1.29 is 14.1 Å². The fourth-order valence-corrected chi connectivity index (χ4v) is 11.1. The summed E-state index contributed by atoms with van der Waals surface area (Å²) in [5.74, 6) is 1.57. The van der Waals surface area contributed by atoms with E-state index in [9.17, 15) is 4.79 Å². The molecule has 5 aliphatic rings. The summed E-state index contributed by atoms with van der Waals surface area (Å²) in [5.41, 5.74) is 4.64. The van der Waals surface area contributed by atoms with Gasteiger partial charge >= 0.3 is 5.97 Å². The first-order chi connectivity index (χ1) is 16.8. The second-order valence-corrected chi connectivity index (χ2v) is 15.4. The van der Waals surface area contributed by atoms with Crippen LogP contribution in [0.1, 0.15) is 111 Å². The molecule has 4 nitrogen and oxygen atoms in total. The Morgan fingerprint density at radius 2 is 1.72 bits per heavy atom. The molecule has 36 heavy (non-hydrogen) atoms. The van der Waals surface area contributed by atoms with E-state index in [1.54, 1.807) is 12.7 Å². The number of carbonyl (C=O) groups is 1. The molecule has 0 spiro atoms. The predicted octanol–water partition coefficient (Wildman–Crippen LogP) is 7.66. The zero-order valence-corrected chi connectivity index (χ0v) is 23.9. The van der Waals surface area contributed by atoms with Crippen LogP contribution in [0, 0.1) is 44.8 Å². The molecule has 1 aromatic heterocycles. The van der Waals surface area contributed by atoms with Crippen LogP contribution in [0.2, 0.25) is 0 Å². The minimum Gasteiger partial charge on any atom is -0.469 e. The summed E-state index contributed by atoms with van der Waals surface area (Å²) >= 11 is 0. The number of carbonyl (C=O) groups excluding carboxylic acids is 1. The normalized spacial score (nSPS) is 46.2. The van der Waals surface area contributed by atoms with Gasteiger partial charge in [-0.15, -0.1) is 0 Å². The summed E-state index contributed by atoms with van der Waals surface area (Å²) in [6, 6.07) is 0. The number of hydrogen-bond donors (Lipinski definition) is 0. The summed E-state index contributed by atoms with van der Waals surface area (Å²) in [7, 11) is 1.60. The SMILES string of the molecule is COC(=O)[C@]12CCC(C)(C)C[C@H]1C1=CC[C@H]3[C@@]4(C)Cc5conc5C(C)(C)[C@H]4CC[C@@]3(C)[C@]1(C)CC2. The van der Waals surface area contributed by atoms with Crippen LogP contribution in [0.4, 0.5) is 0 Å². The van der Waals surface area contributed by atoms with Crippen molar-refractivity contribution in [3.8, 4) is 0 Å². The van der Waals surface area contributed by atoms with Crippen molar-refractivity contribution >= 4 is 5.97 Å². The number of methoxy groups -OCH3 is 1. The Labute approximate surface area is 218 Å². The molecule has 0 bridgehead atoms. The Balaban J connectivity index is 1.46. The van der Waals surface area contributed by atoms with Gasteiger partial charge in [-0.1, -0.05) is 65.3 Å². The maximum atomic E-state index is 13.4. The second kappa shape index (κ2) is 7.29. The minimum absolute atomic E-state index is 0.0293. The fourth-order valence-electron chi connectivity index (χ4n) is 11.1. The number of rotatable bonds is 1. The topological polar surface area (TPSA) is 52.3 Å². The van der Waals surface area contributed by atoms with Crippen molar-refractivity contribution in [3.05, 3.63) is 29.2 Å². The van der Waals surface area contributed by atoms with Gasteiger partial charge in [0, 0.05) is 11.0 Å². The van der Waals surface area contributed by atoms with Crippen molar-refractivity contribution in [1.29, 1.82) is 0 Å². The van der Waals surface area contributed by atoms with Gasteiger partial charge in [0.2, 0.25) is 0 Å². The van der Waals surface area contributed by atoms with E-state index in [2.05, 4.69) is 59.7 Å². The Kier molecular flexibility index (Phi) is 5.01. The van der Waals surface area contributed by atoms with E-state index in [1.165, 1.54) is 24.1 Å². The van der Waals surface area contributed by atoms with Crippen molar-refractivity contribution in [2.24, 2.45) is 44.8 Å². The highest BCUT2D eigenvalue weighted by Crippen LogP contribution is 2.75. The molecule has 0 amide bonds. The van der Waals surface area contributed by atoms with Gasteiger partial charge in [-0.05, 0) is 97.2 Å². The van der Waals surface area contributed by atoms with Gasteiger partial charge in [0.1, 0.15) is 6.26 Å². The van der Waals surface area contributed by atoms with Gasteiger partial charge in [0.25, 0.3) is 0 Å². The van der Waals surface area contributed by atoms with Gasteiger partial charge in [-0.25, -0.2) is 0 Å². The fraction of sp³-hybridized carbons (Fsp3) is 0.812. The van der Waals surface area contributed by atoms with Gasteiger partial charge in [0.05, 0.1) is 18.2 Å². The van der Waals surface area contributed by atoms with E-state index in [-0.39, 0.29) is 38.5 Å². The van der Waals surface area contributed by atoms with Gasteiger partial charge in [0.15, 0.2) is 0 Å². The average Bonchev–Trinajstić information content (AvgIpc) is 3.27. The Bertz CT molecular complexity index is 1130. The molecule has 0 aromatic carbocycles. The maximum absolute atomic E-state index is 13.4. The van der Waals surface area contributed by atoms with E-state index in [0.717, 1.165) is 44.9 Å². The van der Waals surface area contributed by atoms with Crippen LogP contribution in [0.5, 0.6) is 0 Å². The van der Waals surface area contributed by atoms with Crippen molar-refractivity contribution in [3.63, 3.8) is 0 Å². The Morgan fingerprint density at radius 1 is 1.00 bits per heavy atom. The zero-order valence-electron chi connectivity index (χ0n) is 23.9. The second-order valence-electron chi connectivity index (χ2n) is 15.4. The maximum Gasteiger partial charge on any atom is 0.312 e. The van der Waals surface area contributed by atoms with Gasteiger partial charge in [-0.3, -0.25) is 4.79 Å². The van der Waals surface area contributed by atoms with Crippen molar-refractivity contribution in [1.82, 2.24) is 5.16 Å². The third-order valence-corrected chi connectivity index (χ3v) is 13.2. The lowest BCUT2D eigenvalue weighted by Crippen LogP contribution is -2.64. The Hall–Kier alpha value is -1.58. The van der Waals surface area contributed by atoms with Crippen LogP contribution in [-0.2, 0) is 21.4 Å². The van der Waals surface area contributed by atoms with E-state index in [0.29, 0.717) is 17.8 Å². The molecule has 0 aliphatic heterocycles. The smallest absolute Gasteiger partial charge is 0.312 e. The molecule has 0 unspecified atom stereocenters. The van der Waals surface area contributed by atoms with Crippen LogP contribution in [0.3, 0.4) is 0 Å². The average molecular weight is 494 g/mol. The standard InChI is InChI=1S/C32H47NO3/c1-27(2)13-15-32(26(34)35-8)16-14-30(6)21(22(32)18-27)9-10-24-29(5)17-20-19-36-33-25(20)28(3,4)23(29)11-12-31(24,30)7/h9,19,22-24H,10-18H2,1-8H3/t22-,23+,24-,29-,30+,31+,32-/m0/s1. The molecule has 0 radical (unpaired) electrons. The first-order valence-corrected chi connectivity index (χ1v) is 14.5. The predicted molar refractivity (Wildman–Crippen MR) is 141 cm³/mol. The lowest BCUT2D eigenvalue weighted by molar-refractivity contribution is -0.179. The number of aromatic nitrogens is 1. The molecule has 7 atom stereocenters. The molecule has 198 valence electrons. The number of ether oxygens (including phenoxy) is 1. The summed E-state index contributed by atoms with van der Waals surface area (Å²) in [5, 5.41) is 4.49. The molecule has 5 aliphatic carbocycles. The molecule has 1 heterocycles. The highest BCUT2D eigenvalue weighted by atomic mass is 16.5. The van der Waals surface area contributed by atoms with Crippen LogP contribution in [0.25, 0.3) is 0 Å². The molecule has 3 saturated carbocycles. The van der Waals surface area contributed by atoms with E-state index in [1.807, 2.05) is 6.26 Å². The van der Waals surface area contributed by atoms with Crippen LogP contribution in [-0.4, -0.2) is 18.2 Å². The lowest BCUT2D eigenvalue weighted by atomic mass is 9.33. The molecule has 6 rings (SSSR count). The molecule has 0 saturated heterocycles. The first-order valence-electron chi connectivity index (χ1n) is 14.5. The number of nitrogens with zero attached hydrogens (tertiary/aromatic N) is 1. The largest absolute Gasteiger partial charge is 0.469 e. The quantitative estimate of drug-likeness (QED) is 0.298. The summed E-state index contributed by atoms with van der Waals surface area (Å²) in [6.07, 6.45) is 14.5. The number of esters is 1. The third-order valence-electron chi connectivity index (χ3n) is 13.2.